The van der Waals surface area contributed by atoms with Gasteiger partial charge in [-0.15, -0.1) is 0 Å². The SMILES string of the molecule is CCCCCCCCCCCCCCCCCCCCCC/C=C/CC/C=C/CC/C=C/C(O)C(COP(=O)(O)OCC[N+](C)(C)C)NC(=O)CCCCCCCCCCCCCCCCCCCCCCCCCCCCCCCCCC. The Morgan fingerprint density at radius 1 is 0.393 bits per heavy atom. The molecular weight excluding hydrogens is 1060 g/mol. The predicted molar refractivity (Wildman–Crippen MR) is 369 cm³/mol. The van der Waals surface area contributed by atoms with E-state index in [2.05, 4.69) is 43.5 Å². The van der Waals surface area contributed by atoms with E-state index in [0.29, 0.717) is 17.4 Å². The summed E-state index contributed by atoms with van der Waals surface area (Å²) in [6, 6.07) is -0.870. The van der Waals surface area contributed by atoms with Crippen LogP contribution in [0.1, 0.15) is 386 Å². The molecular formula is C75H148N2O6P+. The van der Waals surface area contributed by atoms with Gasteiger partial charge in [0.1, 0.15) is 13.2 Å². The fourth-order valence-electron chi connectivity index (χ4n) is 11.6. The molecule has 0 saturated heterocycles. The minimum absolute atomic E-state index is 0.0555. The number of nitrogens with one attached hydrogen (secondary N) is 1. The first-order valence-corrected chi connectivity index (χ1v) is 38.9. The van der Waals surface area contributed by atoms with Crippen LogP contribution in [0.3, 0.4) is 0 Å². The molecule has 0 heterocycles. The summed E-state index contributed by atoms with van der Waals surface area (Å²) in [6.07, 6.45) is 89.0. The normalized spacial score (nSPS) is 13.8. The van der Waals surface area contributed by atoms with E-state index < -0.39 is 20.0 Å². The Morgan fingerprint density at radius 3 is 0.952 bits per heavy atom. The number of rotatable bonds is 70. The van der Waals surface area contributed by atoms with Gasteiger partial charge in [0, 0.05) is 6.42 Å². The quantitative estimate of drug-likeness (QED) is 0.0243. The highest BCUT2D eigenvalue weighted by molar-refractivity contribution is 7.47. The van der Waals surface area contributed by atoms with E-state index in [1.54, 1.807) is 6.08 Å². The number of allylic oxidation sites excluding steroid dienone is 5. The number of unbranched alkanes of at least 4 members (excludes halogenated alkanes) is 53. The van der Waals surface area contributed by atoms with E-state index in [-0.39, 0.29) is 19.1 Å². The maximum Gasteiger partial charge on any atom is 0.472 e. The van der Waals surface area contributed by atoms with Crippen LogP contribution in [-0.4, -0.2) is 73.4 Å². The summed E-state index contributed by atoms with van der Waals surface area (Å²) in [5, 5.41) is 14.0. The van der Waals surface area contributed by atoms with Crippen LogP contribution in [0.2, 0.25) is 0 Å². The van der Waals surface area contributed by atoms with Gasteiger partial charge in [-0.3, -0.25) is 13.8 Å². The summed E-state index contributed by atoms with van der Waals surface area (Å²) in [4.78, 5) is 23.4. The maximum absolute atomic E-state index is 13.1. The van der Waals surface area contributed by atoms with Gasteiger partial charge in [0.2, 0.25) is 5.91 Å². The van der Waals surface area contributed by atoms with Gasteiger partial charge in [0.15, 0.2) is 0 Å². The zero-order valence-corrected chi connectivity index (χ0v) is 58.1. The molecule has 0 aromatic carbocycles. The van der Waals surface area contributed by atoms with Crippen molar-refractivity contribution in [1.29, 1.82) is 0 Å². The number of hydrogen-bond donors (Lipinski definition) is 3. The summed E-state index contributed by atoms with van der Waals surface area (Å²) in [5.41, 5.74) is 0. The molecule has 498 valence electrons. The fraction of sp³-hybridized carbons (Fsp3) is 0.907. The van der Waals surface area contributed by atoms with E-state index in [9.17, 15) is 19.4 Å². The lowest BCUT2D eigenvalue weighted by Gasteiger charge is -2.25. The molecule has 3 N–H and O–H groups in total. The zero-order chi connectivity index (χ0) is 61.2. The summed E-state index contributed by atoms with van der Waals surface area (Å²) < 4.78 is 23.8. The van der Waals surface area contributed by atoms with Gasteiger partial charge >= 0.3 is 7.82 Å². The Balaban J connectivity index is 4.05. The Bertz CT molecular complexity index is 1460. The summed E-state index contributed by atoms with van der Waals surface area (Å²) in [5.74, 6) is -0.182. The number of carbonyl (C=O) groups is 1. The lowest BCUT2D eigenvalue weighted by Crippen LogP contribution is -2.45. The van der Waals surface area contributed by atoms with Crippen molar-refractivity contribution in [3.05, 3.63) is 36.5 Å². The summed E-state index contributed by atoms with van der Waals surface area (Å²) >= 11 is 0. The van der Waals surface area contributed by atoms with Crippen molar-refractivity contribution < 1.29 is 32.9 Å². The van der Waals surface area contributed by atoms with Crippen molar-refractivity contribution in [2.75, 3.05) is 40.9 Å². The number of nitrogens with zero attached hydrogens (tertiary/aromatic N) is 1. The predicted octanol–water partition coefficient (Wildman–Crippen LogP) is 24.0. The number of aliphatic hydroxyl groups is 1. The second kappa shape index (κ2) is 66.1. The Hall–Kier alpha value is -1.28. The number of quaternary nitrogens is 1. The van der Waals surface area contributed by atoms with Gasteiger partial charge in [-0.2, -0.15) is 0 Å². The first-order valence-electron chi connectivity index (χ1n) is 37.4. The smallest absolute Gasteiger partial charge is 0.387 e. The molecule has 9 heteroatoms. The van der Waals surface area contributed by atoms with Crippen molar-refractivity contribution in [3.63, 3.8) is 0 Å². The number of phosphoric acid groups is 1. The average Bonchev–Trinajstić information content (AvgIpc) is 3.56. The molecule has 0 rings (SSSR count). The third-order valence-electron chi connectivity index (χ3n) is 17.3. The van der Waals surface area contributed by atoms with Crippen molar-refractivity contribution in [3.8, 4) is 0 Å². The highest BCUT2D eigenvalue weighted by Crippen LogP contribution is 2.43. The Kier molecular flexibility index (Phi) is 65.1. The number of hydrogen-bond acceptors (Lipinski definition) is 5. The van der Waals surface area contributed by atoms with Gasteiger partial charge in [-0.1, -0.05) is 371 Å². The van der Waals surface area contributed by atoms with Crippen LogP contribution >= 0.6 is 7.82 Å². The van der Waals surface area contributed by atoms with Crippen LogP contribution in [0.25, 0.3) is 0 Å². The molecule has 0 fully saturated rings. The fourth-order valence-corrected chi connectivity index (χ4v) is 12.3. The zero-order valence-electron chi connectivity index (χ0n) is 57.2. The highest BCUT2D eigenvalue weighted by atomic mass is 31.2. The highest BCUT2D eigenvalue weighted by Gasteiger charge is 2.28. The molecule has 1 amide bonds. The molecule has 3 atom stereocenters. The lowest BCUT2D eigenvalue weighted by molar-refractivity contribution is -0.870. The van der Waals surface area contributed by atoms with Crippen LogP contribution in [0.4, 0.5) is 0 Å². The number of carbonyl (C=O) groups excluding carboxylic acids is 1. The lowest BCUT2D eigenvalue weighted by atomic mass is 10.0. The first kappa shape index (κ1) is 82.7. The van der Waals surface area contributed by atoms with Crippen LogP contribution in [0.5, 0.6) is 0 Å². The summed E-state index contributed by atoms with van der Waals surface area (Å²) in [6.45, 7) is 4.85. The molecule has 0 aromatic rings. The molecule has 0 spiro atoms. The largest absolute Gasteiger partial charge is 0.472 e. The molecule has 0 aliphatic heterocycles. The minimum atomic E-state index is -4.37. The second-order valence-corrected chi connectivity index (χ2v) is 28.5. The maximum atomic E-state index is 13.1. The van der Waals surface area contributed by atoms with Gasteiger partial charge in [-0.25, -0.2) is 4.57 Å². The van der Waals surface area contributed by atoms with E-state index in [1.165, 1.54) is 321 Å². The minimum Gasteiger partial charge on any atom is -0.387 e. The van der Waals surface area contributed by atoms with Gasteiger partial charge in [0.25, 0.3) is 0 Å². The molecule has 0 aliphatic carbocycles. The standard InChI is InChI=1S/C75H147N2O6P/c1-6-8-10-12-14-16-18-20-22-24-26-28-30-32-34-36-38-39-41-43-45-47-49-51-53-55-57-59-61-63-65-67-69-75(79)76-73(72-83-84(80,81)82-71-70-77(3,4)5)74(78)68-66-64-62-60-58-56-54-52-50-48-46-44-42-40-37-35-33-31-29-27-25-23-21-19-17-15-13-11-9-7-2/h50,52,58,60,66,68,73-74,78H,6-49,51,53-57,59,61-65,67,69-72H2,1-5H3,(H-,76,79,80,81)/p+1/b52-50+,60-58+,68-66+. The van der Waals surface area contributed by atoms with E-state index >= 15 is 0 Å². The van der Waals surface area contributed by atoms with Crippen LogP contribution in [-0.2, 0) is 18.4 Å². The van der Waals surface area contributed by atoms with E-state index in [0.717, 1.165) is 44.9 Å². The molecule has 0 radical (unpaired) electrons. The van der Waals surface area contributed by atoms with Gasteiger partial charge < -0.3 is 19.8 Å². The Labute approximate surface area is 525 Å². The third-order valence-corrected chi connectivity index (χ3v) is 18.3. The van der Waals surface area contributed by atoms with Gasteiger partial charge in [0.05, 0.1) is 39.9 Å². The summed E-state index contributed by atoms with van der Waals surface area (Å²) in [7, 11) is 1.56. The van der Waals surface area contributed by atoms with Crippen molar-refractivity contribution >= 4 is 13.7 Å². The molecule has 0 bridgehead atoms. The first-order chi connectivity index (χ1) is 41.0. The number of aliphatic hydroxyl groups excluding tert-OH is 1. The monoisotopic (exact) mass is 1200 g/mol. The van der Waals surface area contributed by atoms with Crippen LogP contribution in [0, 0.1) is 0 Å². The van der Waals surface area contributed by atoms with E-state index in [1.807, 2.05) is 27.2 Å². The Morgan fingerprint density at radius 2 is 0.655 bits per heavy atom. The molecule has 3 unspecified atom stereocenters. The van der Waals surface area contributed by atoms with Crippen molar-refractivity contribution in [1.82, 2.24) is 5.32 Å². The average molecular weight is 1200 g/mol. The van der Waals surface area contributed by atoms with E-state index in [4.69, 9.17) is 9.05 Å². The number of likely N-dealkylation sites (N-methyl/N-ethyl adjacent to an activating group) is 1. The molecule has 8 nitrogen and oxygen atoms in total. The molecule has 0 aliphatic rings. The van der Waals surface area contributed by atoms with Crippen molar-refractivity contribution in [2.45, 2.75) is 398 Å². The van der Waals surface area contributed by atoms with Crippen molar-refractivity contribution in [2.24, 2.45) is 0 Å². The topological polar surface area (TPSA) is 105 Å². The van der Waals surface area contributed by atoms with Crippen LogP contribution in [0.15, 0.2) is 36.5 Å². The second-order valence-electron chi connectivity index (χ2n) is 27.0. The number of amides is 1. The molecule has 0 aromatic heterocycles. The third kappa shape index (κ3) is 68.2. The molecule has 84 heavy (non-hydrogen) atoms. The number of phosphoric ester groups is 1. The van der Waals surface area contributed by atoms with Crippen LogP contribution < -0.4 is 5.32 Å². The van der Waals surface area contributed by atoms with Gasteiger partial charge in [-0.05, 0) is 44.9 Å². The molecule has 0 saturated carbocycles.